The molecule has 0 atom stereocenters. The molecule has 138 valence electrons. The number of nitrogens with zero attached hydrogens (tertiary/aromatic N) is 4. The average Bonchev–Trinajstić information content (AvgIpc) is 3.10. The van der Waals surface area contributed by atoms with E-state index in [1.807, 2.05) is 0 Å². The van der Waals surface area contributed by atoms with Crippen LogP contribution in [0.15, 0.2) is 18.3 Å². The normalized spacial score (nSPS) is 10.4. The third-order valence-electron chi connectivity index (χ3n) is 3.47. The molecule has 0 aliphatic carbocycles. The van der Waals surface area contributed by atoms with E-state index in [1.54, 1.807) is 0 Å². The molecule has 0 aliphatic heterocycles. The van der Waals surface area contributed by atoms with Crippen molar-refractivity contribution < 1.29 is 14.5 Å². The van der Waals surface area contributed by atoms with E-state index in [1.165, 1.54) is 35.6 Å². The molecule has 0 radical (unpaired) electrons. The van der Waals surface area contributed by atoms with Crippen LogP contribution in [0.1, 0.15) is 27.4 Å². The summed E-state index contributed by atoms with van der Waals surface area (Å²) in [6.45, 7) is 0.202. The molecule has 0 bridgehead atoms. The molecule has 26 heavy (non-hydrogen) atoms. The van der Waals surface area contributed by atoms with Crippen LogP contribution in [0.4, 0.5) is 11.5 Å². The third-order valence-corrected chi connectivity index (χ3v) is 3.47. The van der Waals surface area contributed by atoms with Crippen LogP contribution in [0.3, 0.4) is 0 Å². The molecule has 2 amide bonds. The summed E-state index contributed by atoms with van der Waals surface area (Å²) in [5.41, 5.74) is 5.29. The highest BCUT2D eigenvalue weighted by molar-refractivity contribution is 6.04. The minimum atomic E-state index is -0.596. The fourth-order valence-electron chi connectivity index (χ4n) is 2.20. The highest BCUT2D eigenvalue weighted by atomic mass is 16.6. The number of nitrogens with one attached hydrogen (secondary N) is 3. The first-order valence-electron chi connectivity index (χ1n) is 7.46. The Hall–Kier alpha value is -3.70. The Labute approximate surface area is 147 Å². The SMILES string of the molecule is Cn1cc([N+](=O)[O-])cc1C(=O)Nc1cc(C(=O)NCCC(=N)N)n(C)n1. The summed E-state index contributed by atoms with van der Waals surface area (Å²) in [6.07, 6.45) is 1.45. The second-order valence-electron chi connectivity index (χ2n) is 5.48. The monoisotopic (exact) mass is 362 g/mol. The highest BCUT2D eigenvalue weighted by Crippen LogP contribution is 2.17. The summed E-state index contributed by atoms with van der Waals surface area (Å²) < 4.78 is 2.61. The maximum Gasteiger partial charge on any atom is 0.287 e. The summed E-state index contributed by atoms with van der Waals surface area (Å²) >= 11 is 0. The molecule has 0 unspecified atom stereocenters. The molecule has 5 N–H and O–H groups in total. The molecular formula is C14H18N8O4. The van der Waals surface area contributed by atoms with Gasteiger partial charge in [-0.25, -0.2) is 0 Å². The van der Waals surface area contributed by atoms with E-state index in [0.29, 0.717) is 0 Å². The Balaban J connectivity index is 2.09. The third kappa shape index (κ3) is 4.23. The van der Waals surface area contributed by atoms with Crippen LogP contribution in [0.2, 0.25) is 0 Å². The zero-order chi connectivity index (χ0) is 19.4. The van der Waals surface area contributed by atoms with Crippen LogP contribution in [0, 0.1) is 15.5 Å². The summed E-state index contributed by atoms with van der Waals surface area (Å²) in [5, 5.41) is 27.0. The first-order valence-corrected chi connectivity index (χ1v) is 7.46. The number of aromatic nitrogens is 3. The molecule has 0 fully saturated rings. The van der Waals surface area contributed by atoms with Gasteiger partial charge in [-0.05, 0) is 0 Å². The van der Waals surface area contributed by atoms with Gasteiger partial charge in [-0.15, -0.1) is 0 Å². The smallest absolute Gasteiger partial charge is 0.287 e. The van der Waals surface area contributed by atoms with Crippen LogP contribution < -0.4 is 16.4 Å². The van der Waals surface area contributed by atoms with Crippen LogP contribution in [0.25, 0.3) is 0 Å². The molecule has 2 aromatic rings. The molecule has 2 aromatic heterocycles. The number of amidine groups is 1. The van der Waals surface area contributed by atoms with Gasteiger partial charge in [0.15, 0.2) is 5.82 Å². The lowest BCUT2D eigenvalue weighted by atomic mass is 10.3. The molecular weight excluding hydrogens is 344 g/mol. The van der Waals surface area contributed by atoms with Crippen molar-refractivity contribution in [2.75, 3.05) is 11.9 Å². The lowest BCUT2D eigenvalue weighted by molar-refractivity contribution is -0.384. The fraction of sp³-hybridized carbons (Fsp3) is 0.286. The van der Waals surface area contributed by atoms with Crippen LogP contribution in [-0.2, 0) is 14.1 Å². The number of nitrogens with two attached hydrogens (primary N) is 1. The first kappa shape index (κ1) is 18.6. The number of hydrogen-bond donors (Lipinski definition) is 4. The lowest BCUT2D eigenvalue weighted by Crippen LogP contribution is -2.29. The Morgan fingerprint density at radius 3 is 2.58 bits per heavy atom. The maximum absolute atomic E-state index is 12.3. The Kier molecular flexibility index (Phi) is 5.35. The topological polar surface area (TPSA) is 174 Å². The van der Waals surface area contributed by atoms with Crippen molar-refractivity contribution >= 4 is 29.2 Å². The van der Waals surface area contributed by atoms with Crippen molar-refractivity contribution in [1.29, 1.82) is 5.41 Å². The molecule has 12 nitrogen and oxygen atoms in total. The van der Waals surface area contributed by atoms with Crippen molar-refractivity contribution in [2.24, 2.45) is 19.8 Å². The van der Waals surface area contributed by atoms with Gasteiger partial charge in [0, 0.05) is 39.2 Å². The molecule has 0 saturated heterocycles. The number of nitro groups is 1. The minimum absolute atomic E-state index is 0.0417. The molecule has 12 heteroatoms. The number of carbonyl (C=O) groups is 2. The van der Waals surface area contributed by atoms with Gasteiger partial charge in [-0.1, -0.05) is 0 Å². The van der Waals surface area contributed by atoms with Crippen LogP contribution in [-0.4, -0.2) is 43.5 Å². The van der Waals surface area contributed by atoms with E-state index in [-0.39, 0.29) is 41.7 Å². The summed E-state index contributed by atoms with van der Waals surface area (Å²) in [7, 11) is 3.04. The van der Waals surface area contributed by atoms with E-state index in [9.17, 15) is 19.7 Å². The number of rotatable bonds is 7. The van der Waals surface area contributed by atoms with Gasteiger partial charge in [0.25, 0.3) is 17.5 Å². The molecule has 2 heterocycles. The number of carbonyl (C=O) groups excluding carboxylic acids is 2. The largest absolute Gasteiger partial charge is 0.388 e. The van der Waals surface area contributed by atoms with Gasteiger partial charge < -0.3 is 20.9 Å². The van der Waals surface area contributed by atoms with Gasteiger partial charge in [0.05, 0.1) is 17.0 Å². The van der Waals surface area contributed by atoms with E-state index in [2.05, 4.69) is 15.7 Å². The van der Waals surface area contributed by atoms with Crippen molar-refractivity contribution in [2.45, 2.75) is 6.42 Å². The van der Waals surface area contributed by atoms with Gasteiger partial charge in [-0.3, -0.25) is 29.8 Å². The predicted molar refractivity (Wildman–Crippen MR) is 92.1 cm³/mol. The Morgan fingerprint density at radius 2 is 2.00 bits per heavy atom. The minimum Gasteiger partial charge on any atom is -0.388 e. The second-order valence-corrected chi connectivity index (χ2v) is 5.48. The Bertz CT molecular complexity index is 882. The van der Waals surface area contributed by atoms with Crippen molar-refractivity contribution in [3.63, 3.8) is 0 Å². The van der Waals surface area contributed by atoms with Gasteiger partial charge >= 0.3 is 0 Å². The Morgan fingerprint density at radius 1 is 1.31 bits per heavy atom. The maximum atomic E-state index is 12.3. The number of aryl methyl sites for hydroxylation is 2. The number of amides is 2. The van der Waals surface area contributed by atoms with Crippen molar-refractivity contribution in [3.05, 3.63) is 39.8 Å². The summed E-state index contributed by atoms with van der Waals surface area (Å²) in [6, 6.07) is 2.52. The molecule has 0 aromatic carbocycles. The molecule has 0 saturated carbocycles. The summed E-state index contributed by atoms with van der Waals surface area (Å²) in [4.78, 5) is 34.5. The summed E-state index contributed by atoms with van der Waals surface area (Å²) in [5.74, 6) is -0.948. The lowest BCUT2D eigenvalue weighted by Gasteiger charge is -2.03. The highest BCUT2D eigenvalue weighted by Gasteiger charge is 2.20. The molecule has 0 aliphatic rings. The van der Waals surface area contributed by atoms with Crippen molar-refractivity contribution in [1.82, 2.24) is 19.7 Å². The average molecular weight is 362 g/mol. The molecule has 2 rings (SSSR count). The van der Waals surface area contributed by atoms with E-state index in [4.69, 9.17) is 11.1 Å². The molecule has 0 spiro atoms. The van der Waals surface area contributed by atoms with Crippen molar-refractivity contribution in [3.8, 4) is 0 Å². The zero-order valence-corrected chi connectivity index (χ0v) is 14.1. The number of hydrogen-bond acceptors (Lipinski definition) is 6. The van der Waals surface area contributed by atoms with Crippen LogP contribution >= 0.6 is 0 Å². The first-order chi connectivity index (χ1) is 12.2. The quantitative estimate of drug-likeness (QED) is 0.233. The van der Waals surface area contributed by atoms with E-state index in [0.717, 1.165) is 6.07 Å². The van der Waals surface area contributed by atoms with Crippen LogP contribution in [0.5, 0.6) is 0 Å². The second kappa shape index (κ2) is 7.46. The predicted octanol–water partition coefficient (Wildman–Crippen LogP) is -0.0250. The van der Waals surface area contributed by atoms with Gasteiger partial charge in [0.1, 0.15) is 11.4 Å². The standard InChI is InChI=1S/C14H18N8O4/c1-20-7-8(22(25)26)5-9(20)14(24)18-12-6-10(21(2)19-12)13(23)17-4-3-11(15)16/h5-7H,3-4H2,1-2H3,(H3,15,16)(H,17,23)(H,18,19,24). The zero-order valence-electron chi connectivity index (χ0n) is 14.1. The number of anilines is 1. The van der Waals surface area contributed by atoms with E-state index < -0.39 is 16.7 Å². The van der Waals surface area contributed by atoms with E-state index >= 15 is 0 Å². The fourth-order valence-corrected chi connectivity index (χ4v) is 2.20. The van der Waals surface area contributed by atoms with Gasteiger partial charge in [0.2, 0.25) is 0 Å². The van der Waals surface area contributed by atoms with Gasteiger partial charge in [-0.2, -0.15) is 5.10 Å².